The highest BCUT2D eigenvalue weighted by atomic mass is 16.5. The van der Waals surface area contributed by atoms with Crippen LogP contribution in [0.25, 0.3) is 0 Å². The molecule has 1 aromatic heterocycles. The van der Waals surface area contributed by atoms with Crippen LogP contribution in [0.15, 0.2) is 0 Å². The molecule has 1 aromatic rings. The van der Waals surface area contributed by atoms with Gasteiger partial charge in [-0.1, -0.05) is 27.7 Å². The molecule has 0 aromatic carbocycles. The van der Waals surface area contributed by atoms with Crippen molar-refractivity contribution >= 4 is 11.9 Å². The van der Waals surface area contributed by atoms with Gasteiger partial charge in [0.1, 0.15) is 0 Å². The smallest absolute Gasteiger partial charge is 0.323 e. The summed E-state index contributed by atoms with van der Waals surface area (Å²) in [6, 6.07) is 0.361. The van der Waals surface area contributed by atoms with E-state index in [2.05, 4.69) is 53.3 Å². The van der Waals surface area contributed by atoms with Crippen molar-refractivity contribution in [1.29, 1.82) is 0 Å². The predicted octanol–water partition coefficient (Wildman–Crippen LogP) is 2.94. The van der Waals surface area contributed by atoms with Crippen LogP contribution < -0.4 is 15.4 Å². The number of nitrogens with zero attached hydrogens (tertiary/aromatic N) is 3. The summed E-state index contributed by atoms with van der Waals surface area (Å²) >= 11 is 0. The highest BCUT2D eigenvalue weighted by molar-refractivity contribution is 5.35. The molecule has 0 bridgehead atoms. The Morgan fingerprint density at radius 1 is 0.950 bits per heavy atom. The summed E-state index contributed by atoms with van der Waals surface area (Å²) in [4.78, 5) is 12.8. The monoisotopic (exact) mass is 281 g/mol. The number of aromatic nitrogens is 3. The molecule has 6 heteroatoms. The second-order valence-electron chi connectivity index (χ2n) is 5.86. The molecule has 1 rings (SSSR count). The van der Waals surface area contributed by atoms with Gasteiger partial charge in [0.25, 0.3) is 0 Å². The summed E-state index contributed by atoms with van der Waals surface area (Å²) in [7, 11) is 0. The van der Waals surface area contributed by atoms with Gasteiger partial charge in [-0.15, -0.1) is 0 Å². The maximum Gasteiger partial charge on any atom is 0.323 e. The van der Waals surface area contributed by atoms with Gasteiger partial charge < -0.3 is 15.4 Å². The Balaban J connectivity index is 2.69. The van der Waals surface area contributed by atoms with Crippen molar-refractivity contribution in [3.63, 3.8) is 0 Å². The summed E-state index contributed by atoms with van der Waals surface area (Å²) < 4.78 is 5.37. The van der Waals surface area contributed by atoms with Crippen LogP contribution in [-0.2, 0) is 0 Å². The third-order valence-electron chi connectivity index (χ3n) is 2.58. The van der Waals surface area contributed by atoms with E-state index in [1.54, 1.807) is 0 Å². The van der Waals surface area contributed by atoms with Gasteiger partial charge in [0.2, 0.25) is 11.9 Å². The van der Waals surface area contributed by atoms with Crippen molar-refractivity contribution in [3.8, 4) is 6.01 Å². The molecule has 20 heavy (non-hydrogen) atoms. The molecule has 2 N–H and O–H groups in total. The summed E-state index contributed by atoms with van der Waals surface area (Å²) in [6.07, 6.45) is 2.06. The van der Waals surface area contributed by atoms with E-state index < -0.39 is 0 Å². The first kappa shape index (κ1) is 16.5. The third-order valence-corrected chi connectivity index (χ3v) is 2.58. The van der Waals surface area contributed by atoms with Crippen LogP contribution in [0, 0.1) is 5.41 Å². The molecule has 6 nitrogen and oxygen atoms in total. The fourth-order valence-corrected chi connectivity index (χ4v) is 1.49. The fraction of sp³-hybridized carbons (Fsp3) is 0.786. The Kier molecular flexibility index (Phi) is 6.48. The fourth-order valence-electron chi connectivity index (χ4n) is 1.49. The molecular formula is C14H27N5O. The molecule has 0 aliphatic heterocycles. The van der Waals surface area contributed by atoms with E-state index in [4.69, 9.17) is 4.74 Å². The van der Waals surface area contributed by atoms with E-state index in [1.807, 2.05) is 6.92 Å². The lowest BCUT2D eigenvalue weighted by Gasteiger charge is -2.18. The Morgan fingerprint density at radius 3 is 2.05 bits per heavy atom. The lowest BCUT2D eigenvalue weighted by molar-refractivity contribution is 0.312. The van der Waals surface area contributed by atoms with E-state index in [0.29, 0.717) is 24.5 Å². The molecule has 0 fully saturated rings. The first-order chi connectivity index (χ1) is 9.44. The van der Waals surface area contributed by atoms with Gasteiger partial charge in [0.05, 0.1) is 6.61 Å². The molecule has 0 unspecified atom stereocenters. The van der Waals surface area contributed by atoms with Crippen molar-refractivity contribution in [2.75, 3.05) is 30.3 Å². The molecule has 1 heterocycles. The normalized spacial score (nSPS) is 11.2. The number of anilines is 2. The topological polar surface area (TPSA) is 72.0 Å². The van der Waals surface area contributed by atoms with E-state index in [9.17, 15) is 0 Å². The number of hydrogen-bond acceptors (Lipinski definition) is 6. The van der Waals surface area contributed by atoms with E-state index in [-0.39, 0.29) is 5.41 Å². The minimum atomic E-state index is 0.284. The zero-order valence-corrected chi connectivity index (χ0v) is 13.3. The van der Waals surface area contributed by atoms with Crippen molar-refractivity contribution < 1.29 is 4.74 Å². The highest BCUT2D eigenvalue weighted by Crippen LogP contribution is 2.18. The van der Waals surface area contributed by atoms with Gasteiger partial charge in [0.15, 0.2) is 0 Å². The largest absolute Gasteiger partial charge is 0.464 e. The Hall–Kier alpha value is -1.59. The summed E-state index contributed by atoms with van der Waals surface area (Å²) in [5.74, 6) is 1.12. The van der Waals surface area contributed by atoms with Crippen LogP contribution in [-0.4, -0.2) is 34.6 Å². The van der Waals surface area contributed by atoms with Crippen molar-refractivity contribution in [3.05, 3.63) is 0 Å². The maximum absolute atomic E-state index is 5.37. The average molecular weight is 281 g/mol. The van der Waals surface area contributed by atoms with E-state index >= 15 is 0 Å². The molecule has 0 amide bonds. The van der Waals surface area contributed by atoms with Crippen LogP contribution >= 0.6 is 0 Å². The quantitative estimate of drug-likeness (QED) is 0.763. The molecule has 0 radical (unpaired) electrons. The Labute approximate surface area is 121 Å². The highest BCUT2D eigenvalue weighted by Gasteiger charge is 2.11. The second-order valence-corrected chi connectivity index (χ2v) is 5.86. The first-order valence-electron chi connectivity index (χ1n) is 7.31. The van der Waals surface area contributed by atoms with Crippen molar-refractivity contribution in [2.24, 2.45) is 5.41 Å². The van der Waals surface area contributed by atoms with Crippen LogP contribution in [0.1, 0.15) is 47.5 Å². The van der Waals surface area contributed by atoms with Gasteiger partial charge in [0, 0.05) is 13.1 Å². The van der Waals surface area contributed by atoms with Crippen LogP contribution in [0.5, 0.6) is 6.01 Å². The van der Waals surface area contributed by atoms with Gasteiger partial charge in [-0.05, 0) is 25.2 Å². The SMILES string of the molecule is CCCNc1nc(NCCC(C)(C)C)nc(OCC)n1. The molecule has 0 atom stereocenters. The molecular weight excluding hydrogens is 254 g/mol. The molecule has 114 valence electrons. The Bertz CT molecular complexity index is 403. The molecule has 0 aliphatic rings. The summed E-state index contributed by atoms with van der Waals surface area (Å²) in [5.41, 5.74) is 0.284. The minimum absolute atomic E-state index is 0.284. The van der Waals surface area contributed by atoms with Crippen molar-refractivity contribution in [2.45, 2.75) is 47.5 Å². The minimum Gasteiger partial charge on any atom is -0.464 e. The van der Waals surface area contributed by atoms with Gasteiger partial charge in [-0.2, -0.15) is 15.0 Å². The number of ether oxygens (including phenoxy) is 1. The maximum atomic E-state index is 5.37. The van der Waals surface area contributed by atoms with E-state index in [0.717, 1.165) is 25.9 Å². The van der Waals surface area contributed by atoms with Crippen LogP contribution in [0.3, 0.4) is 0 Å². The number of nitrogens with one attached hydrogen (secondary N) is 2. The van der Waals surface area contributed by atoms with Crippen LogP contribution in [0.2, 0.25) is 0 Å². The van der Waals surface area contributed by atoms with Crippen LogP contribution in [0.4, 0.5) is 11.9 Å². The summed E-state index contributed by atoms with van der Waals surface area (Å²) in [6.45, 7) is 12.8. The average Bonchev–Trinajstić information content (AvgIpc) is 2.35. The second kappa shape index (κ2) is 7.87. The van der Waals surface area contributed by atoms with Gasteiger partial charge in [-0.3, -0.25) is 0 Å². The number of rotatable bonds is 8. The predicted molar refractivity (Wildman–Crippen MR) is 82.3 cm³/mol. The first-order valence-corrected chi connectivity index (χ1v) is 7.31. The summed E-state index contributed by atoms with van der Waals surface area (Å²) in [5, 5.41) is 6.39. The van der Waals surface area contributed by atoms with Crippen molar-refractivity contribution in [1.82, 2.24) is 15.0 Å². The molecule has 0 saturated carbocycles. The zero-order valence-electron chi connectivity index (χ0n) is 13.3. The zero-order chi connectivity index (χ0) is 15.0. The van der Waals surface area contributed by atoms with Gasteiger partial charge in [-0.25, -0.2) is 0 Å². The lowest BCUT2D eigenvalue weighted by Crippen LogP contribution is -2.16. The Morgan fingerprint density at radius 2 is 1.55 bits per heavy atom. The molecule has 0 saturated heterocycles. The standard InChI is InChI=1S/C14H27N5O/c1-6-9-15-11-17-12(16-10-8-14(3,4)5)19-13(18-11)20-7-2/h6-10H2,1-5H3,(H2,15,16,17,18,19). The third kappa shape index (κ3) is 6.54. The lowest BCUT2D eigenvalue weighted by atomic mass is 9.92. The molecule has 0 spiro atoms. The number of hydrogen-bond donors (Lipinski definition) is 2. The van der Waals surface area contributed by atoms with E-state index in [1.165, 1.54) is 0 Å². The van der Waals surface area contributed by atoms with Gasteiger partial charge >= 0.3 is 6.01 Å². The molecule has 0 aliphatic carbocycles.